The zero-order valence-corrected chi connectivity index (χ0v) is 6.39. The molecule has 0 bridgehead atoms. The van der Waals surface area contributed by atoms with Crippen molar-refractivity contribution in [2.24, 2.45) is 0 Å². The molecule has 0 aliphatic carbocycles. The SMILES string of the molecule is CCC1=CC(=O)C[C@@H](C)O1. The minimum atomic E-state index is 0.0763. The van der Waals surface area contributed by atoms with Crippen LogP contribution in [0.15, 0.2) is 11.8 Å². The lowest BCUT2D eigenvalue weighted by molar-refractivity contribution is -0.118. The van der Waals surface area contributed by atoms with Gasteiger partial charge in [-0.05, 0) is 6.92 Å². The molecule has 0 aromatic carbocycles. The highest BCUT2D eigenvalue weighted by Gasteiger charge is 2.15. The van der Waals surface area contributed by atoms with Crippen LogP contribution in [0, 0.1) is 0 Å². The van der Waals surface area contributed by atoms with Crippen LogP contribution in [0.5, 0.6) is 0 Å². The van der Waals surface area contributed by atoms with Gasteiger partial charge in [-0.15, -0.1) is 0 Å². The predicted molar refractivity (Wildman–Crippen MR) is 38.5 cm³/mol. The molecule has 0 aromatic rings. The Morgan fingerprint density at radius 1 is 1.80 bits per heavy atom. The van der Waals surface area contributed by atoms with Gasteiger partial charge in [0.2, 0.25) is 0 Å². The van der Waals surface area contributed by atoms with E-state index in [1.54, 1.807) is 6.08 Å². The van der Waals surface area contributed by atoms with Crippen LogP contribution in [-0.4, -0.2) is 11.9 Å². The molecule has 10 heavy (non-hydrogen) atoms. The first-order chi connectivity index (χ1) is 4.72. The fourth-order valence-electron chi connectivity index (χ4n) is 1.04. The molecule has 0 spiro atoms. The third-order valence-electron chi connectivity index (χ3n) is 1.51. The van der Waals surface area contributed by atoms with Crippen LogP contribution in [-0.2, 0) is 9.53 Å². The van der Waals surface area contributed by atoms with Crippen LogP contribution in [0.1, 0.15) is 26.7 Å². The molecule has 1 aliphatic heterocycles. The number of ketones is 1. The van der Waals surface area contributed by atoms with Gasteiger partial charge in [-0.3, -0.25) is 4.79 Å². The van der Waals surface area contributed by atoms with E-state index in [4.69, 9.17) is 4.74 Å². The first-order valence-electron chi connectivity index (χ1n) is 3.62. The maximum atomic E-state index is 10.9. The third-order valence-corrected chi connectivity index (χ3v) is 1.51. The van der Waals surface area contributed by atoms with Gasteiger partial charge >= 0.3 is 0 Å². The van der Waals surface area contributed by atoms with E-state index in [-0.39, 0.29) is 11.9 Å². The van der Waals surface area contributed by atoms with Gasteiger partial charge in [0.25, 0.3) is 0 Å². The normalized spacial score (nSPS) is 25.6. The van der Waals surface area contributed by atoms with Crippen LogP contribution in [0.2, 0.25) is 0 Å². The molecule has 0 unspecified atom stereocenters. The Morgan fingerprint density at radius 3 is 3.00 bits per heavy atom. The molecule has 2 nitrogen and oxygen atoms in total. The Morgan fingerprint density at radius 2 is 2.50 bits per heavy atom. The van der Waals surface area contributed by atoms with Gasteiger partial charge in [0.15, 0.2) is 5.78 Å². The number of hydrogen-bond acceptors (Lipinski definition) is 2. The highest BCUT2D eigenvalue weighted by Crippen LogP contribution is 2.15. The van der Waals surface area contributed by atoms with Gasteiger partial charge in [-0.25, -0.2) is 0 Å². The van der Waals surface area contributed by atoms with E-state index in [0.29, 0.717) is 6.42 Å². The Labute approximate surface area is 60.9 Å². The van der Waals surface area contributed by atoms with Crippen molar-refractivity contribution in [2.75, 3.05) is 0 Å². The zero-order valence-electron chi connectivity index (χ0n) is 6.39. The van der Waals surface area contributed by atoms with Crippen molar-refractivity contribution in [3.8, 4) is 0 Å². The summed E-state index contributed by atoms with van der Waals surface area (Å²) in [4.78, 5) is 10.9. The van der Waals surface area contributed by atoms with Crippen LogP contribution in [0.4, 0.5) is 0 Å². The summed E-state index contributed by atoms with van der Waals surface area (Å²) in [5.41, 5.74) is 0. The summed E-state index contributed by atoms with van der Waals surface area (Å²) in [6, 6.07) is 0. The maximum absolute atomic E-state index is 10.9. The summed E-state index contributed by atoms with van der Waals surface area (Å²) >= 11 is 0. The van der Waals surface area contributed by atoms with Crippen molar-refractivity contribution < 1.29 is 9.53 Å². The van der Waals surface area contributed by atoms with Crippen molar-refractivity contribution >= 4 is 5.78 Å². The second kappa shape index (κ2) is 2.86. The lowest BCUT2D eigenvalue weighted by atomic mass is 10.1. The Hall–Kier alpha value is -0.790. The molecular formula is C8H12O2. The number of carbonyl (C=O) groups excluding carboxylic acids is 1. The molecule has 0 aromatic heterocycles. The smallest absolute Gasteiger partial charge is 0.162 e. The summed E-state index contributed by atoms with van der Waals surface area (Å²) < 4.78 is 5.35. The molecule has 1 atom stereocenters. The van der Waals surface area contributed by atoms with Crippen LogP contribution in [0.25, 0.3) is 0 Å². The lowest BCUT2D eigenvalue weighted by Crippen LogP contribution is -2.18. The number of carbonyl (C=O) groups is 1. The lowest BCUT2D eigenvalue weighted by Gasteiger charge is -2.19. The average molecular weight is 140 g/mol. The summed E-state index contributed by atoms with van der Waals surface area (Å²) in [7, 11) is 0. The van der Waals surface area contributed by atoms with E-state index in [9.17, 15) is 4.79 Å². The van der Waals surface area contributed by atoms with Crippen molar-refractivity contribution in [1.82, 2.24) is 0 Å². The standard InChI is InChI=1S/C8H12O2/c1-3-8-5-7(9)4-6(2)10-8/h5-6H,3-4H2,1-2H3/t6-/m1/s1. The second-order valence-electron chi connectivity index (χ2n) is 2.56. The van der Waals surface area contributed by atoms with Crippen LogP contribution >= 0.6 is 0 Å². The van der Waals surface area contributed by atoms with Gasteiger partial charge in [-0.2, -0.15) is 0 Å². The first kappa shape index (κ1) is 7.32. The maximum Gasteiger partial charge on any atom is 0.162 e. The van der Waals surface area contributed by atoms with Crippen LogP contribution < -0.4 is 0 Å². The highest BCUT2D eigenvalue weighted by molar-refractivity contribution is 5.91. The van der Waals surface area contributed by atoms with Crippen molar-refractivity contribution in [3.63, 3.8) is 0 Å². The molecule has 0 saturated carbocycles. The predicted octanol–water partition coefficient (Wildman–Crippen LogP) is 1.66. The fraction of sp³-hybridized carbons (Fsp3) is 0.625. The van der Waals surface area contributed by atoms with Crippen LogP contribution in [0.3, 0.4) is 0 Å². The summed E-state index contributed by atoms with van der Waals surface area (Å²) in [5.74, 6) is 1.01. The van der Waals surface area contributed by atoms with Gasteiger partial charge in [0.05, 0.1) is 5.76 Å². The minimum Gasteiger partial charge on any atom is -0.494 e. The number of hydrogen-bond donors (Lipinski definition) is 0. The molecule has 0 fully saturated rings. The zero-order chi connectivity index (χ0) is 7.56. The summed E-state index contributed by atoms with van der Waals surface area (Å²) in [6.07, 6.45) is 3.02. The van der Waals surface area contributed by atoms with Crippen molar-refractivity contribution in [3.05, 3.63) is 11.8 Å². The number of ether oxygens (including phenoxy) is 1. The van der Waals surface area contributed by atoms with Crippen molar-refractivity contribution in [2.45, 2.75) is 32.8 Å². The largest absolute Gasteiger partial charge is 0.494 e. The quantitative estimate of drug-likeness (QED) is 0.553. The number of allylic oxidation sites excluding steroid dienone is 2. The molecule has 0 saturated heterocycles. The monoisotopic (exact) mass is 140 g/mol. The summed E-state index contributed by atoms with van der Waals surface area (Å²) in [6.45, 7) is 3.90. The van der Waals surface area contributed by atoms with Gasteiger partial charge in [0, 0.05) is 18.9 Å². The van der Waals surface area contributed by atoms with E-state index in [1.807, 2.05) is 13.8 Å². The van der Waals surface area contributed by atoms with E-state index in [2.05, 4.69) is 0 Å². The molecular weight excluding hydrogens is 128 g/mol. The van der Waals surface area contributed by atoms with E-state index >= 15 is 0 Å². The number of rotatable bonds is 1. The third kappa shape index (κ3) is 1.59. The topological polar surface area (TPSA) is 26.3 Å². The Bertz CT molecular complexity index is 170. The van der Waals surface area contributed by atoms with E-state index in [0.717, 1.165) is 12.2 Å². The molecule has 0 N–H and O–H groups in total. The van der Waals surface area contributed by atoms with Gasteiger partial charge in [-0.1, -0.05) is 6.92 Å². The molecule has 1 heterocycles. The van der Waals surface area contributed by atoms with E-state index in [1.165, 1.54) is 0 Å². The molecule has 1 aliphatic rings. The average Bonchev–Trinajstić information content (AvgIpc) is 1.85. The van der Waals surface area contributed by atoms with Crippen molar-refractivity contribution in [1.29, 1.82) is 0 Å². The highest BCUT2D eigenvalue weighted by atomic mass is 16.5. The molecule has 0 radical (unpaired) electrons. The Balaban J connectivity index is 2.65. The molecule has 1 rings (SSSR count). The summed E-state index contributed by atoms with van der Waals surface area (Å²) in [5, 5.41) is 0. The molecule has 0 amide bonds. The van der Waals surface area contributed by atoms with Gasteiger partial charge < -0.3 is 4.74 Å². The Kier molecular flexibility index (Phi) is 2.10. The first-order valence-corrected chi connectivity index (χ1v) is 3.62. The van der Waals surface area contributed by atoms with Gasteiger partial charge in [0.1, 0.15) is 6.10 Å². The fourth-order valence-corrected chi connectivity index (χ4v) is 1.04. The second-order valence-corrected chi connectivity index (χ2v) is 2.56. The minimum absolute atomic E-state index is 0.0763. The molecule has 56 valence electrons. The molecule has 2 heteroatoms. The van der Waals surface area contributed by atoms with E-state index < -0.39 is 0 Å².